The van der Waals surface area contributed by atoms with Crippen LogP contribution in [0.1, 0.15) is 23.6 Å². The Bertz CT molecular complexity index is 786. The minimum Gasteiger partial charge on any atom is -0.346 e. The maximum atomic E-state index is 8.88. The zero-order valence-corrected chi connectivity index (χ0v) is 15.9. The summed E-state index contributed by atoms with van der Waals surface area (Å²) in [6, 6.07) is 18.4. The molecule has 0 aromatic heterocycles. The average Bonchev–Trinajstić information content (AvgIpc) is 2.69. The van der Waals surface area contributed by atoms with E-state index in [9.17, 15) is 0 Å². The second-order valence-corrected chi connectivity index (χ2v) is 6.94. The number of hydrogen-bond donors (Lipinski definition) is 1. The van der Waals surface area contributed by atoms with Crippen molar-refractivity contribution in [3.8, 4) is 6.07 Å². The lowest BCUT2D eigenvalue weighted by Gasteiger charge is -2.36. The van der Waals surface area contributed by atoms with Crippen LogP contribution in [0.15, 0.2) is 48.5 Å². The van der Waals surface area contributed by atoms with Crippen LogP contribution in [-0.2, 0) is 13.0 Å². The van der Waals surface area contributed by atoms with Crippen LogP contribution in [0, 0.1) is 11.3 Å². The number of anilines is 1. The molecular weight excluding hydrogens is 340 g/mol. The molecule has 134 valence electrons. The largest absolute Gasteiger partial charge is 0.346 e. The molecular formula is C21H24N4S. The Kier molecular flexibility index (Phi) is 6.21. The fourth-order valence-corrected chi connectivity index (χ4v) is 3.42. The number of nitriles is 1. The first kappa shape index (κ1) is 18.4. The summed E-state index contributed by atoms with van der Waals surface area (Å²) in [5.74, 6) is 0. The highest BCUT2D eigenvalue weighted by atomic mass is 32.1. The second-order valence-electron chi connectivity index (χ2n) is 6.56. The lowest BCUT2D eigenvalue weighted by atomic mass is 10.1. The van der Waals surface area contributed by atoms with Gasteiger partial charge in [0.25, 0.3) is 0 Å². The highest BCUT2D eigenvalue weighted by Crippen LogP contribution is 2.14. The van der Waals surface area contributed by atoms with Crippen molar-refractivity contribution in [1.82, 2.24) is 9.80 Å². The van der Waals surface area contributed by atoms with E-state index in [1.54, 1.807) is 0 Å². The summed E-state index contributed by atoms with van der Waals surface area (Å²) in [5, 5.41) is 13.1. The molecule has 3 rings (SSSR count). The third-order valence-electron chi connectivity index (χ3n) is 4.74. The number of thiocarbonyl (C=S) groups is 1. The molecule has 1 saturated heterocycles. The third kappa shape index (κ3) is 4.81. The predicted molar refractivity (Wildman–Crippen MR) is 110 cm³/mol. The van der Waals surface area contributed by atoms with Gasteiger partial charge in [0.05, 0.1) is 11.6 Å². The second kappa shape index (κ2) is 8.79. The first-order valence-corrected chi connectivity index (χ1v) is 9.45. The standard InChI is InChI=1S/C21H24N4S/c1-2-17-4-3-5-20(14-17)23-21(26)25-12-10-24(11-13-25)16-19-8-6-18(15-22)7-9-19/h3-9,14H,2,10-13,16H2,1H3,(H,23,26). The fourth-order valence-electron chi connectivity index (χ4n) is 3.12. The van der Waals surface area contributed by atoms with Crippen LogP contribution in [-0.4, -0.2) is 41.1 Å². The van der Waals surface area contributed by atoms with Gasteiger partial charge in [-0.3, -0.25) is 4.90 Å². The molecule has 0 unspecified atom stereocenters. The van der Waals surface area contributed by atoms with Gasteiger partial charge in [-0.05, 0) is 54.0 Å². The Morgan fingerprint density at radius 3 is 2.46 bits per heavy atom. The van der Waals surface area contributed by atoms with Crippen molar-refractivity contribution in [1.29, 1.82) is 5.26 Å². The van der Waals surface area contributed by atoms with Gasteiger partial charge in [0, 0.05) is 38.4 Å². The number of aryl methyl sites for hydroxylation is 1. The van der Waals surface area contributed by atoms with Crippen molar-refractivity contribution in [2.75, 3.05) is 31.5 Å². The van der Waals surface area contributed by atoms with E-state index in [0.717, 1.165) is 49.9 Å². The molecule has 2 aromatic carbocycles. The van der Waals surface area contributed by atoms with E-state index >= 15 is 0 Å². The Morgan fingerprint density at radius 1 is 1.08 bits per heavy atom. The number of hydrogen-bond acceptors (Lipinski definition) is 3. The van der Waals surface area contributed by atoms with Gasteiger partial charge < -0.3 is 10.2 Å². The summed E-state index contributed by atoms with van der Waals surface area (Å²) in [6.45, 7) is 6.89. The number of nitrogens with zero attached hydrogens (tertiary/aromatic N) is 3. The molecule has 1 aliphatic heterocycles. The molecule has 26 heavy (non-hydrogen) atoms. The van der Waals surface area contributed by atoms with E-state index in [-0.39, 0.29) is 0 Å². The summed E-state index contributed by atoms with van der Waals surface area (Å²) >= 11 is 5.60. The topological polar surface area (TPSA) is 42.3 Å². The van der Waals surface area contributed by atoms with Crippen molar-refractivity contribution < 1.29 is 0 Å². The summed E-state index contributed by atoms with van der Waals surface area (Å²) in [6.07, 6.45) is 1.02. The molecule has 1 fully saturated rings. The van der Waals surface area contributed by atoms with Gasteiger partial charge >= 0.3 is 0 Å². The Balaban J connectivity index is 1.49. The molecule has 0 aliphatic carbocycles. The SMILES string of the molecule is CCc1cccc(NC(=S)N2CCN(Cc3ccc(C#N)cc3)CC2)c1. The minimum atomic E-state index is 0.710. The first-order valence-electron chi connectivity index (χ1n) is 9.04. The predicted octanol–water partition coefficient (Wildman–Crippen LogP) is 3.64. The van der Waals surface area contributed by atoms with Gasteiger partial charge in [0.2, 0.25) is 0 Å². The molecule has 0 atom stereocenters. The molecule has 1 heterocycles. The highest BCUT2D eigenvalue weighted by Gasteiger charge is 2.19. The number of piperazine rings is 1. The molecule has 0 amide bonds. The molecule has 1 aliphatic rings. The van der Waals surface area contributed by atoms with Crippen LogP contribution in [0.25, 0.3) is 0 Å². The molecule has 0 radical (unpaired) electrons. The average molecular weight is 365 g/mol. The first-order chi connectivity index (χ1) is 12.7. The summed E-state index contributed by atoms with van der Waals surface area (Å²) in [7, 11) is 0. The highest BCUT2D eigenvalue weighted by molar-refractivity contribution is 7.80. The Hall–Kier alpha value is -2.42. The Morgan fingerprint density at radius 2 is 1.81 bits per heavy atom. The Labute approximate surface area is 161 Å². The minimum absolute atomic E-state index is 0.710. The van der Waals surface area contributed by atoms with Gasteiger partial charge in [-0.15, -0.1) is 0 Å². The van der Waals surface area contributed by atoms with E-state index in [2.05, 4.69) is 52.4 Å². The molecule has 5 heteroatoms. The van der Waals surface area contributed by atoms with Crippen molar-refractivity contribution in [2.24, 2.45) is 0 Å². The fraction of sp³-hybridized carbons (Fsp3) is 0.333. The van der Waals surface area contributed by atoms with Gasteiger partial charge in [-0.1, -0.05) is 31.2 Å². The quantitative estimate of drug-likeness (QED) is 0.839. The normalized spacial score (nSPS) is 14.7. The van der Waals surface area contributed by atoms with Crippen molar-refractivity contribution >= 4 is 23.0 Å². The van der Waals surface area contributed by atoms with E-state index < -0.39 is 0 Å². The summed E-state index contributed by atoms with van der Waals surface area (Å²) in [5.41, 5.74) is 4.33. The van der Waals surface area contributed by atoms with Gasteiger partial charge in [0.1, 0.15) is 0 Å². The lowest BCUT2D eigenvalue weighted by molar-refractivity contribution is 0.177. The van der Waals surface area contributed by atoms with Gasteiger partial charge in [-0.25, -0.2) is 0 Å². The van der Waals surface area contributed by atoms with E-state index in [1.807, 2.05) is 24.3 Å². The molecule has 0 saturated carbocycles. The van der Waals surface area contributed by atoms with Crippen molar-refractivity contribution in [3.63, 3.8) is 0 Å². The maximum absolute atomic E-state index is 8.88. The van der Waals surface area contributed by atoms with Crippen LogP contribution < -0.4 is 5.32 Å². The van der Waals surface area contributed by atoms with Crippen LogP contribution in [0.3, 0.4) is 0 Å². The summed E-state index contributed by atoms with van der Waals surface area (Å²) < 4.78 is 0. The molecule has 0 bridgehead atoms. The monoisotopic (exact) mass is 364 g/mol. The molecule has 1 N–H and O–H groups in total. The summed E-state index contributed by atoms with van der Waals surface area (Å²) in [4.78, 5) is 4.67. The third-order valence-corrected chi connectivity index (χ3v) is 5.10. The van der Waals surface area contributed by atoms with Crippen LogP contribution in [0.4, 0.5) is 5.69 Å². The van der Waals surface area contributed by atoms with Crippen LogP contribution in [0.5, 0.6) is 0 Å². The van der Waals surface area contributed by atoms with Crippen LogP contribution in [0.2, 0.25) is 0 Å². The number of nitrogens with one attached hydrogen (secondary N) is 1. The zero-order valence-electron chi connectivity index (χ0n) is 15.1. The molecule has 4 nitrogen and oxygen atoms in total. The molecule has 0 spiro atoms. The molecule has 2 aromatic rings. The zero-order chi connectivity index (χ0) is 18.4. The van der Waals surface area contributed by atoms with Gasteiger partial charge in [0.15, 0.2) is 5.11 Å². The van der Waals surface area contributed by atoms with Gasteiger partial charge in [-0.2, -0.15) is 5.26 Å². The van der Waals surface area contributed by atoms with Crippen LogP contribution >= 0.6 is 12.2 Å². The maximum Gasteiger partial charge on any atom is 0.173 e. The smallest absolute Gasteiger partial charge is 0.173 e. The van der Waals surface area contributed by atoms with E-state index in [1.165, 1.54) is 11.1 Å². The van der Waals surface area contributed by atoms with Crippen molar-refractivity contribution in [3.05, 3.63) is 65.2 Å². The van der Waals surface area contributed by atoms with E-state index in [4.69, 9.17) is 17.5 Å². The number of benzene rings is 2. The lowest BCUT2D eigenvalue weighted by Crippen LogP contribution is -2.49. The number of rotatable bonds is 4. The van der Waals surface area contributed by atoms with E-state index in [0.29, 0.717) is 5.56 Å². The van der Waals surface area contributed by atoms with Crippen molar-refractivity contribution in [2.45, 2.75) is 19.9 Å².